The molecule has 0 aliphatic rings. The molecule has 0 atom stereocenters. The van der Waals surface area contributed by atoms with Crippen LogP contribution >= 0.6 is 0 Å². The number of rotatable bonds is 5. The normalized spacial score (nSPS) is 10.7. The molecule has 4 nitrogen and oxygen atoms in total. The van der Waals surface area contributed by atoms with Gasteiger partial charge in [0.1, 0.15) is 5.82 Å². The Labute approximate surface area is 90.9 Å². The molecule has 0 aliphatic heterocycles. The van der Waals surface area contributed by atoms with Crippen molar-refractivity contribution >= 4 is 0 Å². The van der Waals surface area contributed by atoms with Crippen LogP contribution in [0.2, 0.25) is 0 Å². The molecule has 0 spiro atoms. The van der Waals surface area contributed by atoms with Gasteiger partial charge in [-0.1, -0.05) is 13.8 Å². The van der Waals surface area contributed by atoms with Crippen LogP contribution in [0.25, 0.3) is 0 Å². The smallest absolute Gasteiger partial charge is 0.216 e. The Kier molecular flexibility index (Phi) is 4.49. The first kappa shape index (κ1) is 11.9. The lowest BCUT2D eigenvalue weighted by Gasteiger charge is -2.08. The number of nitrogens with zero attached hydrogens (tertiary/aromatic N) is 2. The highest BCUT2D eigenvalue weighted by Gasteiger charge is 2.07. The molecule has 0 aliphatic carbocycles. The predicted molar refractivity (Wildman–Crippen MR) is 60.0 cm³/mol. The number of aromatic nitrogens is 2. The summed E-state index contributed by atoms with van der Waals surface area (Å²) in [5.74, 6) is 1.79. The molecule has 84 valence electrons. The molecule has 0 saturated carbocycles. The van der Waals surface area contributed by atoms with E-state index in [1.165, 1.54) is 0 Å². The molecule has 4 heteroatoms. The van der Waals surface area contributed by atoms with Crippen molar-refractivity contribution in [2.45, 2.75) is 32.6 Å². The van der Waals surface area contributed by atoms with Gasteiger partial charge in [-0.15, -0.1) is 0 Å². The van der Waals surface area contributed by atoms with E-state index in [-0.39, 0.29) is 0 Å². The number of ether oxygens (including phenoxy) is 1. The highest BCUT2D eigenvalue weighted by Crippen LogP contribution is 2.15. The summed E-state index contributed by atoms with van der Waals surface area (Å²) in [5, 5.41) is 0. The van der Waals surface area contributed by atoms with Crippen LogP contribution in [-0.4, -0.2) is 23.6 Å². The number of hydrogen-bond donors (Lipinski definition) is 1. The summed E-state index contributed by atoms with van der Waals surface area (Å²) in [6.45, 7) is 4.83. The zero-order valence-electron chi connectivity index (χ0n) is 9.66. The van der Waals surface area contributed by atoms with Gasteiger partial charge in [-0.25, -0.2) is 4.98 Å². The Morgan fingerprint density at radius 2 is 2.13 bits per heavy atom. The fraction of sp³-hybridized carbons (Fsp3) is 0.636. The minimum absolute atomic E-state index is 0.316. The standard InChI is InChI=1S/C11H19N3O/c1-8(2)11-13-9(5-4-6-12)7-10(14-11)15-3/h7-8H,4-6,12H2,1-3H3. The van der Waals surface area contributed by atoms with Crippen molar-refractivity contribution in [3.8, 4) is 5.88 Å². The summed E-state index contributed by atoms with van der Waals surface area (Å²) in [4.78, 5) is 8.77. The lowest BCUT2D eigenvalue weighted by molar-refractivity contribution is 0.392. The quantitative estimate of drug-likeness (QED) is 0.798. The van der Waals surface area contributed by atoms with Crippen LogP contribution in [0, 0.1) is 0 Å². The van der Waals surface area contributed by atoms with Gasteiger partial charge in [-0.3, -0.25) is 0 Å². The summed E-state index contributed by atoms with van der Waals surface area (Å²) in [5.41, 5.74) is 6.48. The molecule has 1 heterocycles. The molecule has 0 bridgehead atoms. The van der Waals surface area contributed by atoms with Gasteiger partial charge in [-0.05, 0) is 19.4 Å². The average molecular weight is 209 g/mol. The first-order valence-corrected chi connectivity index (χ1v) is 5.29. The fourth-order valence-electron chi connectivity index (χ4n) is 1.27. The molecule has 0 aromatic carbocycles. The SMILES string of the molecule is COc1cc(CCCN)nc(C(C)C)n1. The molecule has 0 fully saturated rings. The van der Waals surface area contributed by atoms with E-state index in [4.69, 9.17) is 10.5 Å². The summed E-state index contributed by atoms with van der Waals surface area (Å²) in [6, 6.07) is 1.88. The molecule has 0 amide bonds. The van der Waals surface area contributed by atoms with Crippen LogP contribution in [0.5, 0.6) is 5.88 Å². The maximum atomic E-state index is 5.47. The fourth-order valence-corrected chi connectivity index (χ4v) is 1.27. The van der Waals surface area contributed by atoms with E-state index >= 15 is 0 Å². The molecule has 0 unspecified atom stereocenters. The van der Waals surface area contributed by atoms with Crippen molar-refractivity contribution in [2.24, 2.45) is 5.73 Å². The van der Waals surface area contributed by atoms with E-state index in [9.17, 15) is 0 Å². The predicted octanol–water partition coefficient (Wildman–Crippen LogP) is 1.50. The Hall–Kier alpha value is -1.16. The van der Waals surface area contributed by atoms with Crippen LogP contribution < -0.4 is 10.5 Å². The van der Waals surface area contributed by atoms with Crippen LogP contribution in [0.1, 0.15) is 37.7 Å². The Balaban J connectivity index is 2.90. The first-order valence-electron chi connectivity index (χ1n) is 5.29. The molecular formula is C11H19N3O. The number of methoxy groups -OCH3 is 1. The molecule has 2 N–H and O–H groups in total. The molecule has 0 radical (unpaired) electrons. The van der Waals surface area contributed by atoms with Crippen LogP contribution in [0.15, 0.2) is 6.07 Å². The third-order valence-corrected chi connectivity index (χ3v) is 2.14. The highest BCUT2D eigenvalue weighted by atomic mass is 16.5. The van der Waals surface area contributed by atoms with E-state index in [0.29, 0.717) is 18.3 Å². The number of aryl methyl sites for hydroxylation is 1. The van der Waals surface area contributed by atoms with E-state index < -0.39 is 0 Å². The lowest BCUT2D eigenvalue weighted by Crippen LogP contribution is -2.06. The van der Waals surface area contributed by atoms with E-state index in [1.807, 2.05) is 6.07 Å². The summed E-state index contributed by atoms with van der Waals surface area (Å²) < 4.78 is 5.14. The van der Waals surface area contributed by atoms with Crippen molar-refractivity contribution < 1.29 is 4.74 Å². The topological polar surface area (TPSA) is 61.0 Å². The Morgan fingerprint density at radius 3 is 2.67 bits per heavy atom. The van der Waals surface area contributed by atoms with Gasteiger partial charge in [0, 0.05) is 17.7 Å². The van der Waals surface area contributed by atoms with Crippen molar-refractivity contribution in [1.29, 1.82) is 0 Å². The molecule has 1 aromatic heterocycles. The Morgan fingerprint density at radius 1 is 1.40 bits per heavy atom. The highest BCUT2D eigenvalue weighted by molar-refractivity contribution is 5.17. The maximum Gasteiger partial charge on any atom is 0.216 e. The lowest BCUT2D eigenvalue weighted by atomic mass is 10.2. The largest absolute Gasteiger partial charge is 0.481 e. The van der Waals surface area contributed by atoms with Gasteiger partial charge in [-0.2, -0.15) is 4.98 Å². The minimum atomic E-state index is 0.316. The van der Waals surface area contributed by atoms with Crippen molar-refractivity contribution in [2.75, 3.05) is 13.7 Å². The van der Waals surface area contributed by atoms with E-state index in [1.54, 1.807) is 7.11 Å². The van der Waals surface area contributed by atoms with Crippen LogP contribution in [0.4, 0.5) is 0 Å². The minimum Gasteiger partial charge on any atom is -0.481 e. The van der Waals surface area contributed by atoms with Crippen LogP contribution in [-0.2, 0) is 6.42 Å². The first-order chi connectivity index (χ1) is 7.17. The monoisotopic (exact) mass is 209 g/mol. The molecular weight excluding hydrogens is 190 g/mol. The summed E-state index contributed by atoms with van der Waals surface area (Å²) in [7, 11) is 1.62. The maximum absolute atomic E-state index is 5.47. The summed E-state index contributed by atoms with van der Waals surface area (Å²) in [6.07, 6.45) is 1.83. The second-order valence-corrected chi connectivity index (χ2v) is 3.81. The van der Waals surface area contributed by atoms with E-state index in [2.05, 4.69) is 23.8 Å². The molecule has 15 heavy (non-hydrogen) atoms. The molecule has 0 saturated heterocycles. The van der Waals surface area contributed by atoms with Gasteiger partial charge in [0.05, 0.1) is 7.11 Å². The Bertz CT molecular complexity index is 313. The van der Waals surface area contributed by atoms with E-state index in [0.717, 1.165) is 24.4 Å². The van der Waals surface area contributed by atoms with Gasteiger partial charge < -0.3 is 10.5 Å². The second kappa shape index (κ2) is 5.66. The number of hydrogen-bond acceptors (Lipinski definition) is 4. The van der Waals surface area contributed by atoms with Gasteiger partial charge in [0.15, 0.2) is 0 Å². The van der Waals surface area contributed by atoms with Crippen LogP contribution in [0.3, 0.4) is 0 Å². The van der Waals surface area contributed by atoms with Gasteiger partial charge >= 0.3 is 0 Å². The van der Waals surface area contributed by atoms with Crippen molar-refractivity contribution in [3.63, 3.8) is 0 Å². The number of nitrogens with two attached hydrogens (primary N) is 1. The molecule has 1 rings (SSSR count). The van der Waals surface area contributed by atoms with Gasteiger partial charge in [0.2, 0.25) is 5.88 Å². The average Bonchev–Trinajstić information content (AvgIpc) is 2.25. The third-order valence-electron chi connectivity index (χ3n) is 2.14. The zero-order valence-corrected chi connectivity index (χ0v) is 9.66. The summed E-state index contributed by atoms with van der Waals surface area (Å²) >= 11 is 0. The zero-order chi connectivity index (χ0) is 11.3. The van der Waals surface area contributed by atoms with Crippen molar-refractivity contribution in [3.05, 3.63) is 17.6 Å². The third kappa shape index (κ3) is 3.47. The molecule has 1 aromatic rings. The van der Waals surface area contributed by atoms with Gasteiger partial charge in [0.25, 0.3) is 0 Å². The second-order valence-electron chi connectivity index (χ2n) is 3.81. The van der Waals surface area contributed by atoms with Crippen molar-refractivity contribution in [1.82, 2.24) is 9.97 Å².